The van der Waals surface area contributed by atoms with E-state index >= 15 is 0 Å². The highest BCUT2D eigenvalue weighted by molar-refractivity contribution is 6.24. The van der Waals surface area contributed by atoms with Crippen molar-refractivity contribution < 1.29 is 13.9 Å². The number of benzene rings is 2. The van der Waals surface area contributed by atoms with Crippen LogP contribution < -0.4 is 10.6 Å². The van der Waals surface area contributed by atoms with E-state index in [1.807, 2.05) is 12.1 Å². The summed E-state index contributed by atoms with van der Waals surface area (Å²) in [6.07, 6.45) is 0.986. The maximum absolute atomic E-state index is 14.0. The number of hydrogen-bond acceptors (Lipinski definition) is 3. The molecule has 0 aliphatic carbocycles. The van der Waals surface area contributed by atoms with Gasteiger partial charge in [0.2, 0.25) is 0 Å². The van der Waals surface area contributed by atoms with Crippen LogP contribution in [-0.2, 0) is 11.3 Å². The van der Waals surface area contributed by atoms with Gasteiger partial charge in [0, 0.05) is 35.7 Å². The molecule has 1 saturated heterocycles. The van der Waals surface area contributed by atoms with Gasteiger partial charge in [0.1, 0.15) is 5.82 Å². The quantitative estimate of drug-likeness (QED) is 0.911. The molecule has 21 heavy (non-hydrogen) atoms. The molecule has 2 aliphatic heterocycles. The second kappa shape index (κ2) is 4.79. The Morgan fingerprint density at radius 1 is 1.38 bits per heavy atom. The molecule has 2 aromatic rings. The first-order chi connectivity index (χ1) is 10.2. The summed E-state index contributed by atoms with van der Waals surface area (Å²) in [7, 11) is 0. The Kier molecular flexibility index (Phi) is 2.90. The summed E-state index contributed by atoms with van der Waals surface area (Å²) in [4.78, 5) is 12.0. The van der Waals surface area contributed by atoms with E-state index in [-0.39, 0.29) is 11.7 Å². The number of hydrogen-bond donors (Lipinski definition) is 2. The van der Waals surface area contributed by atoms with Gasteiger partial charge in [-0.2, -0.15) is 0 Å². The average Bonchev–Trinajstić information content (AvgIpc) is 3.10. The van der Waals surface area contributed by atoms with E-state index < -0.39 is 0 Å². The Morgan fingerprint density at radius 3 is 3.10 bits per heavy atom. The molecule has 0 spiro atoms. The predicted molar refractivity (Wildman–Crippen MR) is 77.9 cm³/mol. The highest BCUT2D eigenvalue weighted by atomic mass is 19.1. The molecule has 0 aromatic heterocycles. The number of anilines is 1. The second-order valence-electron chi connectivity index (χ2n) is 5.56. The van der Waals surface area contributed by atoms with Crippen molar-refractivity contribution in [3.63, 3.8) is 0 Å². The second-order valence-corrected chi connectivity index (χ2v) is 5.56. The summed E-state index contributed by atoms with van der Waals surface area (Å²) >= 11 is 0. The highest BCUT2D eigenvalue weighted by Gasteiger charge is 2.24. The Bertz CT molecular complexity index is 739. The van der Waals surface area contributed by atoms with Gasteiger partial charge in [-0.3, -0.25) is 4.79 Å². The largest absolute Gasteiger partial charge is 0.380 e. The Morgan fingerprint density at radius 2 is 2.29 bits per heavy atom. The molecule has 2 aromatic carbocycles. The minimum absolute atomic E-state index is 0.161. The van der Waals surface area contributed by atoms with Gasteiger partial charge < -0.3 is 15.4 Å². The Balaban J connectivity index is 1.72. The third-order valence-corrected chi connectivity index (χ3v) is 4.14. The van der Waals surface area contributed by atoms with Gasteiger partial charge in [-0.05, 0) is 36.2 Å². The number of carbonyl (C=O) groups excluding carboxylic acids is 1. The average molecular weight is 286 g/mol. The maximum Gasteiger partial charge on any atom is 0.256 e. The van der Waals surface area contributed by atoms with Crippen LogP contribution >= 0.6 is 0 Å². The zero-order valence-electron chi connectivity index (χ0n) is 11.4. The lowest BCUT2D eigenvalue weighted by Crippen LogP contribution is -2.28. The molecular formula is C16H15FN2O2. The summed E-state index contributed by atoms with van der Waals surface area (Å²) in [5.41, 5.74) is 2.16. The fraction of sp³-hybridized carbons (Fsp3) is 0.312. The standard InChI is InChI=1S/C16H15FN2O2/c17-13-1-2-14-15-11(13)5-9(6-12(15)16(20)19-14)7-18-10-3-4-21-8-10/h1-2,5-6,10,18H,3-4,7-8H2,(H,19,20)/t10-/m1/s1. The molecule has 4 rings (SSSR count). The fourth-order valence-electron chi connectivity index (χ4n) is 3.04. The summed E-state index contributed by atoms with van der Waals surface area (Å²) in [6, 6.07) is 7.01. The first kappa shape index (κ1) is 12.7. The number of carbonyl (C=O) groups is 1. The van der Waals surface area contributed by atoms with Gasteiger partial charge in [0.25, 0.3) is 5.91 Å². The molecule has 108 valence electrons. The monoisotopic (exact) mass is 286 g/mol. The van der Waals surface area contributed by atoms with Crippen LogP contribution in [-0.4, -0.2) is 25.2 Å². The van der Waals surface area contributed by atoms with Crippen molar-refractivity contribution in [2.75, 3.05) is 18.5 Å². The zero-order chi connectivity index (χ0) is 14.4. The van der Waals surface area contributed by atoms with Crippen LogP contribution in [0.4, 0.5) is 10.1 Å². The van der Waals surface area contributed by atoms with Gasteiger partial charge in [-0.15, -0.1) is 0 Å². The molecule has 2 heterocycles. The number of nitrogens with one attached hydrogen (secondary N) is 2. The van der Waals surface area contributed by atoms with Crippen LogP contribution in [0.3, 0.4) is 0 Å². The fourth-order valence-corrected chi connectivity index (χ4v) is 3.04. The SMILES string of the molecule is O=C1Nc2ccc(F)c3cc(CN[C@@H]4CCOC4)cc1c23. The third-order valence-electron chi connectivity index (χ3n) is 4.14. The first-order valence-corrected chi connectivity index (χ1v) is 7.10. The molecule has 2 aliphatic rings. The molecule has 0 bridgehead atoms. The van der Waals surface area contributed by atoms with E-state index in [0.717, 1.165) is 18.6 Å². The summed E-state index contributed by atoms with van der Waals surface area (Å²) in [6.45, 7) is 2.09. The van der Waals surface area contributed by atoms with E-state index in [4.69, 9.17) is 4.74 Å². The van der Waals surface area contributed by atoms with Gasteiger partial charge in [-0.25, -0.2) is 4.39 Å². The van der Waals surface area contributed by atoms with Gasteiger partial charge in [-0.1, -0.05) is 0 Å². The van der Waals surface area contributed by atoms with Gasteiger partial charge >= 0.3 is 0 Å². The van der Waals surface area contributed by atoms with Crippen molar-refractivity contribution in [1.29, 1.82) is 0 Å². The van der Waals surface area contributed by atoms with Crippen LogP contribution in [0.1, 0.15) is 22.3 Å². The number of ether oxygens (including phenoxy) is 1. The van der Waals surface area contributed by atoms with Crippen LogP contribution in [0.2, 0.25) is 0 Å². The minimum Gasteiger partial charge on any atom is -0.380 e. The molecule has 1 atom stereocenters. The lowest BCUT2D eigenvalue weighted by Gasteiger charge is -2.11. The Hall–Kier alpha value is -1.98. The molecular weight excluding hydrogens is 271 g/mol. The lowest BCUT2D eigenvalue weighted by atomic mass is 10.0. The smallest absolute Gasteiger partial charge is 0.256 e. The summed E-state index contributed by atoms with van der Waals surface area (Å²) in [5.74, 6) is -0.454. The molecule has 1 amide bonds. The molecule has 5 heteroatoms. The van der Waals surface area contributed by atoms with E-state index in [1.165, 1.54) is 6.07 Å². The van der Waals surface area contributed by atoms with Crippen molar-refractivity contribution >= 4 is 22.4 Å². The van der Waals surface area contributed by atoms with Crippen molar-refractivity contribution in [3.05, 3.63) is 41.2 Å². The maximum atomic E-state index is 14.0. The van der Waals surface area contributed by atoms with E-state index in [0.29, 0.717) is 41.2 Å². The van der Waals surface area contributed by atoms with Crippen molar-refractivity contribution in [1.82, 2.24) is 5.32 Å². The van der Waals surface area contributed by atoms with Crippen molar-refractivity contribution in [3.8, 4) is 0 Å². The molecule has 0 unspecified atom stereocenters. The van der Waals surface area contributed by atoms with Gasteiger partial charge in [0.05, 0.1) is 12.2 Å². The predicted octanol–water partition coefficient (Wildman–Crippen LogP) is 2.42. The van der Waals surface area contributed by atoms with E-state index in [1.54, 1.807) is 6.07 Å². The van der Waals surface area contributed by atoms with Crippen LogP contribution in [0, 0.1) is 5.82 Å². The highest BCUT2D eigenvalue weighted by Crippen LogP contribution is 2.35. The molecule has 4 nitrogen and oxygen atoms in total. The lowest BCUT2D eigenvalue weighted by molar-refractivity contribution is 0.103. The molecule has 0 radical (unpaired) electrons. The molecule has 2 N–H and O–H groups in total. The summed E-state index contributed by atoms with van der Waals surface area (Å²) < 4.78 is 19.4. The first-order valence-electron chi connectivity index (χ1n) is 7.10. The van der Waals surface area contributed by atoms with E-state index in [2.05, 4.69) is 10.6 Å². The topological polar surface area (TPSA) is 50.4 Å². The van der Waals surface area contributed by atoms with Crippen molar-refractivity contribution in [2.24, 2.45) is 0 Å². The van der Waals surface area contributed by atoms with Crippen LogP contribution in [0.5, 0.6) is 0 Å². The molecule has 1 fully saturated rings. The van der Waals surface area contributed by atoms with Gasteiger partial charge in [0.15, 0.2) is 0 Å². The van der Waals surface area contributed by atoms with Crippen molar-refractivity contribution in [2.45, 2.75) is 19.0 Å². The summed E-state index contributed by atoms with van der Waals surface area (Å²) in [5, 5.41) is 7.35. The van der Waals surface area contributed by atoms with Crippen LogP contribution in [0.15, 0.2) is 24.3 Å². The third kappa shape index (κ3) is 2.09. The van der Waals surface area contributed by atoms with E-state index in [9.17, 15) is 9.18 Å². The normalized spacial score (nSPS) is 20.2. The number of rotatable bonds is 3. The molecule has 0 saturated carbocycles. The zero-order valence-corrected chi connectivity index (χ0v) is 11.4. The number of amides is 1. The minimum atomic E-state index is -0.294. The number of halogens is 1. The Labute approximate surface area is 121 Å². The van der Waals surface area contributed by atoms with Crippen LogP contribution in [0.25, 0.3) is 10.8 Å².